The van der Waals surface area contributed by atoms with Crippen LogP contribution in [0.25, 0.3) is 0 Å². The number of imidazole rings is 1. The predicted molar refractivity (Wildman–Crippen MR) is 78.8 cm³/mol. The molecule has 3 rings (SSSR count). The van der Waals surface area contributed by atoms with Crippen LogP contribution in [-0.4, -0.2) is 34.0 Å². The average Bonchev–Trinajstić information content (AvgIpc) is 2.95. The molecule has 0 aliphatic carbocycles. The molecule has 2 heterocycles. The number of aromatic amines is 1. The summed E-state index contributed by atoms with van der Waals surface area (Å²) >= 11 is 5.91. The standard InChI is InChI=1S/C15H16ClN3O2/c1-21-15(20)14-6-12-13(18-9-17-12)8-19(14)7-10-2-4-11(16)5-3-10/h2-5,9,14H,6-8H2,1H3,(H,17,18)/t14-/m0/s1. The Hall–Kier alpha value is -1.85. The molecule has 0 unspecified atom stereocenters. The zero-order chi connectivity index (χ0) is 14.8. The van der Waals surface area contributed by atoms with Gasteiger partial charge in [-0.1, -0.05) is 23.7 Å². The highest BCUT2D eigenvalue weighted by molar-refractivity contribution is 6.30. The summed E-state index contributed by atoms with van der Waals surface area (Å²) < 4.78 is 4.93. The molecule has 1 N–H and O–H groups in total. The van der Waals surface area contributed by atoms with E-state index in [1.807, 2.05) is 24.3 Å². The number of hydrogen-bond donors (Lipinski definition) is 1. The lowest BCUT2D eigenvalue weighted by atomic mass is 10.0. The van der Waals surface area contributed by atoms with E-state index in [1.165, 1.54) is 7.11 Å². The van der Waals surface area contributed by atoms with Crippen molar-refractivity contribution in [3.63, 3.8) is 0 Å². The third-order valence-electron chi connectivity index (χ3n) is 3.77. The molecule has 1 aromatic heterocycles. The first-order valence-electron chi connectivity index (χ1n) is 6.75. The number of nitrogens with zero attached hydrogens (tertiary/aromatic N) is 2. The lowest BCUT2D eigenvalue weighted by Gasteiger charge is -2.33. The fourth-order valence-corrected chi connectivity index (χ4v) is 2.77. The highest BCUT2D eigenvalue weighted by Crippen LogP contribution is 2.23. The van der Waals surface area contributed by atoms with Gasteiger partial charge in [0.15, 0.2) is 0 Å². The number of rotatable bonds is 3. The Morgan fingerprint density at radius 2 is 2.24 bits per heavy atom. The van der Waals surface area contributed by atoms with E-state index < -0.39 is 0 Å². The summed E-state index contributed by atoms with van der Waals surface area (Å²) in [6.07, 6.45) is 2.24. The van der Waals surface area contributed by atoms with E-state index in [9.17, 15) is 4.79 Å². The van der Waals surface area contributed by atoms with Crippen molar-refractivity contribution < 1.29 is 9.53 Å². The molecule has 0 saturated carbocycles. The van der Waals surface area contributed by atoms with Crippen LogP contribution in [0.1, 0.15) is 17.0 Å². The molecule has 1 aromatic carbocycles. The number of aromatic nitrogens is 2. The van der Waals surface area contributed by atoms with Crippen LogP contribution in [0.5, 0.6) is 0 Å². The van der Waals surface area contributed by atoms with Gasteiger partial charge in [-0.15, -0.1) is 0 Å². The predicted octanol–water partition coefficient (Wildman–Crippen LogP) is 2.16. The zero-order valence-electron chi connectivity index (χ0n) is 11.7. The van der Waals surface area contributed by atoms with Gasteiger partial charge in [0.2, 0.25) is 0 Å². The number of esters is 1. The highest BCUT2D eigenvalue weighted by Gasteiger charge is 2.33. The minimum absolute atomic E-state index is 0.224. The summed E-state index contributed by atoms with van der Waals surface area (Å²) in [5.74, 6) is -0.224. The summed E-state index contributed by atoms with van der Waals surface area (Å²) in [4.78, 5) is 21.5. The van der Waals surface area contributed by atoms with Gasteiger partial charge in [0.25, 0.3) is 0 Å². The third kappa shape index (κ3) is 2.94. The number of methoxy groups -OCH3 is 1. The number of ether oxygens (including phenoxy) is 1. The van der Waals surface area contributed by atoms with Crippen LogP contribution in [0.4, 0.5) is 0 Å². The first-order chi connectivity index (χ1) is 10.2. The van der Waals surface area contributed by atoms with Crippen molar-refractivity contribution in [2.24, 2.45) is 0 Å². The van der Waals surface area contributed by atoms with Gasteiger partial charge in [0, 0.05) is 24.5 Å². The Bertz CT molecular complexity index is 639. The molecule has 1 atom stereocenters. The van der Waals surface area contributed by atoms with E-state index in [0.717, 1.165) is 17.0 Å². The fourth-order valence-electron chi connectivity index (χ4n) is 2.65. The van der Waals surface area contributed by atoms with Crippen LogP contribution in [-0.2, 0) is 29.0 Å². The number of H-pyrrole nitrogens is 1. The number of carbonyl (C=O) groups excluding carboxylic acids is 1. The molecule has 21 heavy (non-hydrogen) atoms. The third-order valence-corrected chi connectivity index (χ3v) is 4.02. The van der Waals surface area contributed by atoms with Gasteiger partial charge in [0.05, 0.1) is 24.8 Å². The van der Waals surface area contributed by atoms with E-state index in [1.54, 1.807) is 6.33 Å². The molecule has 2 aromatic rings. The summed E-state index contributed by atoms with van der Waals surface area (Å²) in [5.41, 5.74) is 3.11. The molecule has 0 saturated heterocycles. The largest absolute Gasteiger partial charge is 0.468 e. The number of carbonyl (C=O) groups is 1. The summed E-state index contributed by atoms with van der Waals surface area (Å²) in [7, 11) is 1.42. The second-order valence-corrected chi connectivity index (χ2v) is 5.54. The first kappa shape index (κ1) is 14.1. The Labute approximate surface area is 127 Å². The maximum Gasteiger partial charge on any atom is 0.323 e. The molecule has 0 fully saturated rings. The van der Waals surface area contributed by atoms with Crippen LogP contribution in [0, 0.1) is 0 Å². The SMILES string of the molecule is COC(=O)[C@@H]1Cc2nc[nH]c2CN1Cc1ccc(Cl)cc1. The minimum Gasteiger partial charge on any atom is -0.468 e. The van der Waals surface area contributed by atoms with Crippen LogP contribution < -0.4 is 0 Å². The van der Waals surface area contributed by atoms with Gasteiger partial charge in [0.1, 0.15) is 6.04 Å². The van der Waals surface area contributed by atoms with Crippen molar-refractivity contribution in [1.82, 2.24) is 14.9 Å². The quantitative estimate of drug-likeness (QED) is 0.883. The van der Waals surface area contributed by atoms with Crippen molar-refractivity contribution in [3.8, 4) is 0 Å². The van der Waals surface area contributed by atoms with Gasteiger partial charge < -0.3 is 9.72 Å². The summed E-state index contributed by atoms with van der Waals surface area (Å²) in [6, 6.07) is 7.35. The molecule has 5 nitrogen and oxygen atoms in total. The Morgan fingerprint density at radius 3 is 2.95 bits per heavy atom. The zero-order valence-corrected chi connectivity index (χ0v) is 12.4. The van der Waals surface area contributed by atoms with Crippen molar-refractivity contribution in [3.05, 3.63) is 52.6 Å². The minimum atomic E-state index is -0.304. The number of fused-ring (bicyclic) bond motifs is 1. The smallest absolute Gasteiger partial charge is 0.323 e. The van der Waals surface area contributed by atoms with E-state index in [-0.39, 0.29) is 12.0 Å². The molecule has 1 aliphatic heterocycles. The van der Waals surface area contributed by atoms with E-state index >= 15 is 0 Å². The molecule has 0 amide bonds. The van der Waals surface area contributed by atoms with Gasteiger partial charge in [-0.2, -0.15) is 0 Å². The monoisotopic (exact) mass is 305 g/mol. The van der Waals surface area contributed by atoms with E-state index in [4.69, 9.17) is 16.3 Å². The summed E-state index contributed by atoms with van der Waals surface area (Å²) in [5, 5.41) is 0.706. The van der Waals surface area contributed by atoms with Gasteiger partial charge in [-0.25, -0.2) is 4.98 Å². The van der Waals surface area contributed by atoms with Crippen molar-refractivity contribution in [1.29, 1.82) is 0 Å². The molecular weight excluding hydrogens is 290 g/mol. The molecule has 1 aliphatic rings. The van der Waals surface area contributed by atoms with Crippen LogP contribution >= 0.6 is 11.6 Å². The molecule has 110 valence electrons. The van der Waals surface area contributed by atoms with Crippen molar-refractivity contribution in [2.75, 3.05) is 7.11 Å². The molecule has 0 spiro atoms. The van der Waals surface area contributed by atoms with Crippen molar-refractivity contribution >= 4 is 17.6 Å². The number of hydrogen-bond acceptors (Lipinski definition) is 4. The van der Waals surface area contributed by atoms with Crippen LogP contribution in [0.15, 0.2) is 30.6 Å². The maximum absolute atomic E-state index is 12.0. The normalized spacial score (nSPS) is 18.3. The highest BCUT2D eigenvalue weighted by atomic mass is 35.5. The van der Waals surface area contributed by atoms with Gasteiger partial charge >= 0.3 is 5.97 Å². The second-order valence-electron chi connectivity index (χ2n) is 5.10. The molecule has 0 radical (unpaired) electrons. The van der Waals surface area contributed by atoms with Crippen LogP contribution in [0.3, 0.4) is 0 Å². The van der Waals surface area contributed by atoms with Gasteiger partial charge in [-0.3, -0.25) is 9.69 Å². The maximum atomic E-state index is 12.0. The number of halogens is 1. The molecule has 6 heteroatoms. The number of nitrogens with one attached hydrogen (secondary N) is 1. The lowest BCUT2D eigenvalue weighted by molar-refractivity contribution is -0.148. The van der Waals surface area contributed by atoms with Crippen LogP contribution in [0.2, 0.25) is 5.02 Å². The van der Waals surface area contributed by atoms with E-state index in [2.05, 4.69) is 14.9 Å². The first-order valence-corrected chi connectivity index (χ1v) is 7.12. The number of benzene rings is 1. The molecular formula is C15H16ClN3O2. The van der Waals surface area contributed by atoms with E-state index in [0.29, 0.717) is 24.5 Å². The lowest BCUT2D eigenvalue weighted by Crippen LogP contribution is -2.45. The Morgan fingerprint density at radius 1 is 1.48 bits per heavy atom. The topological polar surface area (TPSA) is 58.2 Å². The van der Waals surface area contributed by atoms with Gasteiger partial charge in [-0.05, 0) is 17.7 Å². The Kier molecular flexibility index (Phi) is 3.94. The Balaban J connectivity index is 1.83. The van der Waals surface area contributed by atoms with Crippen molar-refractivity contribution in [2.45, 2.75) is 25.6 Å². The average molecular weight is 306 g/mol. The molecule has 0 bridgehead atoms. The second kappa shape index (κ2) is 5.87. The summed E-state index contributed by atoms with van der Waals surface area (Å²) in [6.45, 7) is 1.31. The fraction of sp³-hybridized carbons (Fsp3) is 0.333.